The van der Waals surface area contributed by atoms with Crippen LogP contribution < -0.4 is 60.3 Å². The van der Waals surface area contributed by atoms with Crippen LogP contribution >= 0.6 is 0 Å². The Kier molecular flexibility index (Phi) is 62.3. The van der Waals surface area contributed by atoms with Crippen LogP contribution in [-0.2, 0) is 39.0 Å². The third-order valence-corrected chi connectivity index (χ3v) is 0. The van der Waals surface area contributed by atoms with Crippen molar-refractivity contribution in [3.8, 4) is 0 Å². The molecule has 0 saturated heterocycles. The summed E-state index contributed by atoms with van der Waals surface area (Å²) in [7, 11) is -11.7. The molecule has 0 bridgehead atoms. The van der Waals surface area contributed by atoms with Gasteiger partial charge in [-0.1, -0.05) is 0 Å². The predicted octanol–water partition coefficient (Wildman–Crippen LogP) is -15.8. The Labute approximate surface area is 128 Å². The average Bonchev–Trinajstić information content (AvgIpc) is 1.76. The van der Waals surface area contributed by atoms with Crippen molar-refractivity contribution in [2.75, 3.05) is 0 Å². The molecule has 0 aromatic carbocycles. The van der Waals surface area contributed by atoms with E-state index in [4.69, 9.17) is 60.3 Å². The molecule has 18 heavy (non-hydrogen) atoms. The van der Waals surface area contributed by atoms with E-state index in [1.54, 1.807) is 0 Å². The van der Waals surface area contributed by atoms with E-state index in [2.05, 4.69) is 0 Å². The van der Waals surface area contributed by atoms with Gasteiger partial charge in [-0.2, -0.15) is 0 Å². The molecule has 18 heteroatoms. The van der Waals surface area contributed by atoms with Crippen LogP contribution in [0.4, 0.5) is 0 Å². The zero-order chi connectivity index (χ0) is 14.3. The number of hydrogen-bond donors (Lipinski definition) is 0. The fourth-order valence-corrected chi connectivity index (χ4v) is 0. The van der Waals surface area contributed by atoms with Crippen LogP contribution in [0.25, 0.3) is 0 Å². The van der Waals surface area contributed by atoms with Crippen molar-refractivity contribution >= 4 is 29.3 Å². The minimum Gasteiger partial charge on any atom is -0.907 e. The van der Waals surface area contributed by atoms with E-state index in [1.165, 1.54) is 0 Å². The van der Waals surface area contributed by atoms with Crippen molar-refractivity contribution in [3.05, 3.63) is 0 Å². The molecule has 0 N–H and O–H groups in total. The Balaban J connectivity index is -0.0000000257. The third-order valence-electron chi connectivity index (χ3n) is 0. The average molecular weight is 441 g/mol. The smallest absolute Gasteiger partial charge is 0.907 e. The first kappa shape index (κ1) is 36.4. The summed E-state index contributed by atoms with van der Waals surface area (Å²) >= 11 is 0. The topological polar surface area (TPSA) is 277 Å². The van der Waals surface area contributed by atoms with E-state index in [9.17, 15) is 0 Å². The van der Waals surface area contributed by atoms with Gasteiger partial charge in [-0.25, -0.2) is 0 Å². The second kappa shape index (κ2) is 30.8. The van der Waals surface area contributed by atoms with Crippen LogP contribution in [0.2, 0.25) is 0 Å². The second-order valence-electron chi connectivity index (χ2n) is 1.15. The Morgan fingerprint density at radius 3 is 0.278 bits per heavy atom. The standard InChI is InChI=1S/4BO3.2Rh/c4*2-1(3)4;;/q4*-3;2*+6. The van der Waals surface area contributed by atoms with Gasteiger partial charge in [-0.15, -0.1) is 0 Å². The van der Waals surface area contributed by atoms with Crippen LogP contribution in [0.3, 0.4) is 0 Å². The van der Waals surface area contributed by atoms with Crippen LogP contribution in [0.5, 0.6) is 0 Å². The monoisotopic (exact) mass is 442 g/mol. The molecule has 0 amide bonds. The maximum atomic E-state index is 8.42. The molecule has 0 atom stereocenters. The zero-order valence-electron chi connectivity index (χ0n) is 7.88. The first-order chi connectivity index (χ1) is 6.93. The largest absolute Gasteiger partial charge is 6.00 e. The Morgan fingerprint density at radius 1 is 0.278 bits per heavy atom. The quantitative estimate of drug-likeness (QED) is 0.317. The minimum atomic E-state index is -2.92. The second-order valence-corrected chi connectivity index (χ2v) is 1.15. The molecular weight excluding hydrogens is 441 g/mol. The van der Waals surface area contributed by atoms with E-state index in [1.807, 2.05) is 0 Å². The summed E-state index contributed by atoms with van der Waals surface area (Å²) in [6.07, 6.45) is 0. The molecule has 0 aromatic rings. The third kappa shape index (κ3) is 4150. The van der Waals surface area contributed by atoms with Crippen molar-refractivity contribution < 1.29 is 99.2 Å². The Morgan fingerprint density at radius 2 is 0.278 bits per heavy atom. The first-order valence-electron chi connectivity index (χ1n) is 2.83. The molecule has 0 saturated carbocycles. The van der Waals surface area contributed by atoms with Gasteiger partial charge in [0.25, 0.3) is 0 Å². The summed E-state index contributed by atoms with van der Waals surface area (Å²) in [6.45, 7) is 0. The van der Waals surface area contributed by atoms with E-state index in [0.717, 1.165) is 0 Å². The van der Waals surface area contributed by atoms with Crippen molar-refractivity contribution in [3.63, 3.8) is 0 Å². The molecule has 0 spiro atoms. The maximum absolute atomic E-state index is 8.42. The minimum absolute atomic E-state index is 0. The van der Waals surface area contributed by atoms with Crippen LogP contribution in [-0.4, -0.2) is 29.3 Å². The predicted molar refractivity (Wildman–Crippen MR) is 23.0 cm³/mol. The van der Waals surface area contributed by atoms with Gasteiger partial charge >= 0.3 is 39.0 Å². The molecule has 0 unspecified atom stereocenters. The van der Waals surface area contributed by atoms with Crippen molar-refractivity contribution in [2.24, 2.45) is 0 Å². The summed E-state index contributed by atoms with van der Waals surface area (Å²) in [5, 5.41) is 101. The van der Waals surface area contributed by atoms with E-state index >= 15 is 0 Å². The summed E-state index contributed by atoms with van der Waals surface area (Å²) < 4.78 is 0. The van der Waals surface area contributed by atoms with Crippen LogP contribution in [0, 0.1) is 0 Å². The van der Waals surface area contributed by atoms with Gasteiger partial charge in [-0.05, 0) is 0 Å². The fourth-order valence-electron chi connectivity index (χ4n) is 0. The molecule has 0 aliphatic heterocycles. The first-order valence-corrected chi connectivity index (χ1v) is 2.83. The molecule has 102 valence electrons. The van der Waals surface area contributed by atoms with Crippen molar-refractivity contribution in [1.29, 1.82) is 0 Å². The molecular formula is B4O12Rh2. The molecule has 0 rings (SSSR count). The molecule has 0 aliphatic rings. The summed E-state index contributed by atoms with van der Waals surface area (Å²) in [5.41, 5.74) is 0. The molecule has 0 fully saturated rings. The van der Waals surface area contributed by atoms with E-state index < -0.39 is 29.3 Å². The van der Waals surface area contributed by atoms with E-state index in [-0.39, 0.29) is 39.0 Å². The molecule has 0 aliphatic carbocycles. The number of rotatable bonds is 0. The van der Waals surface area contributed by atoms with Crippen molar-refractivity contribution in [2.45, 2.75) is 0 Å². The van der Waals surface area contributed by atoms with Gasteiger partial charge in [0, 0.05) is 0 Å². The molecule has 0 aromatic heterocycles. The molecule has 2 radical (unpaired) electrons. The molecule has 12 nitrogen and oxygen atoms in total. The summed E-state index contributed by atoms with van der Waals surface area (Å²) in [5.74, 6) is 0. The zero-order valence-corrected chi connectivity index (χ0v) is 11.2. The molecule has 0 heterocycles. The Hall–Kier alpha value is 1.03. The van der Waals surface area contributed by atoms with Gasteiger partial charge in [0.15, 0.2) is 0 Å². The maximum Gasteiger partial charge on any atom is 6.00 e. The van der Waals surface area contributed by atoms with Gasteiger partial charge in [0.2, 0.25) is 0 Å². The van der Waals surface area contributed by atoms with Gasteiger partial charge < -0.3 is 60.3 Å². The van der Waals surface area contributed by atoms with Crippen molar-refractivity contribution in [1.82, 2.24) is 0 Å². The Bertz CT molecular complexity index is 65.1. The van der Waals surface area contributed by atoms with Gasteiger partial charge in [-0.3, -0.25) is 29.3 Å². The van der Waals surface area contributed by atoms with Gasteiger partial charge in [0.1, 0.15) is 0 Å². The van der Waals surface area contributed by atoms with Crippen LogP contribution in [0.15, 0.2) is 0 Å². The SMILES string of the molecule is [O-]B([O-])[O-].[O-]B([O-])[O-].[O-]B([O-])[O-].[O-]B([O-])[O-].[Rh+6].[Rh+6]. The normalized spacial score (nSPS) is 6.00. The van der Waals surface area contributed by atoms with Gasteiger partial charge in [0.05, 0.1) is 0 Å². The summed E-state index contributed by atoms with van der Waals surface area (Å²) in [4.78, 5) is 0. The van der Waals surface area contributed by atoms with E-state index in [0.29, 0.717) is 0 Å². The fraction of sp³-hybridized carbons (Fsp3) is 0. The summed E-state index contributed by atoms with van der Waals surface area (Å²) in [6, 6.07) is 0. The van der Waals surface area contributed by atoms with Crippen LogP contribution in [0.1, 0.15) is 0 Å². The number of hydrogen-bond acceptors (Lipinski definition) is 12.